The molecule has 35 heavy (non-hydrogen) atoms. The first-order chi connectivity index (χ1) is 17.1. The molecule has 0 bridgehead atoms. The van der Waals surface area contributed by atoms with Crippen LogP contribution in [-0.2, 0) is 16.1 Å². The van der Waals surface area contributed by atoms with Crippen molar-refractivity contribution >= 4 is 23.6 Å². The summed E-state index contributed by atoms with van der Waals surface area (Å²) in [5.41, 5.74) is 2.24. The maximum Gasteiger partial charge on any atom is 0.185 e. The van der Waals surface area contributed by atoms with Crippen molar-refractivity contribution < 1.29 is 18.3 Å². The predicted molar refractivity (Wildman–Crippen MR) is 130 cm³/mol. The van der Waals surface area contributed by atoms with Crippen molar-refractivity contribution in [1.82, 2.24) is 15.3 Å². The number of hydrogen-bond acceptors (Lipinski definition) is 6. The van der Waals surface area contributed by atoms with E-state index < -0.39 is 11.6 Å². The van der Waals surface area contributed by atoms with E-state index in [9.17, 15) is 13.6 Å². The third-order valence-corrected chi connectivity index (χ3v) is 5.82. The summed E-state index contributed by atoms with van der Waals surface area (Å²) in [5, 5.41) is 6.33. The number of carbonyl (C=O) groups is 1. The minimum Gasteiger partial charge on any atom is -0.381 e. The number of hydrogen-bond donors (Lipinski definition) is 2. The summed E-state index contributed by atoms with van der Waals surface area (Å²) in [6.07, 6.45) is 7.06. The van der Waals surface area contributed by atoms with E-state index in [1.165, 1.54) is 6.07 Å². The second-order valence-corrected chi connectivity index (χ2v) is 8.29. The summed E-state index contributed by atoms with van der Waals surface area (Å²) in [7, 11) is 0. The molecule has 7 nitrogen and oxygen atoms in total. The van der Waals surface area contributed by atoms with Gasteiger partial charge in [0.25, 0.3) is 0 Å². The van der Waals surface area contributed by atoms with E-state index in [-0.39, 0.29) is 5.84 Å². The number of amidine groups is 1. The van der Waals surface area contributed by atoms with Crippen LogP contribution in [0, 0.1) is 17.6 Å². The Kier molecular flexibility index (Phi) is 8.45. The SMILES string of the molecule is O=C/C(=N\c1ccc(-c2ccc(F)c(F)c2)nc1NCc1cccnc1)NCCC1CCOCC1. The molecule has 0 aliphatic carbocycles. The Morgan fingerprint density at radius 1 is 1.14 bits per heavy atom. The highest BCUT2D eigenvalue weighted by Gasteiger charge is 2.14. The van der Waals surface area contributed by atoms with Crippen LogP contribution in [0.1, 0.15) is 24.8 Å². The number of rotatable bonds is 9. The summed E-state index contributed by atoms with van der Waals surface area (Å²) >= 11 is 0. The van der Waals surface area contributed by atoms with Gasteiger partial charge in [-0.25, -0.2) is 18.8 Å². The second kappa shape index (κ2) is 12.1. The van der Waals surface area contributed by atoms with E-state index in [4.69, 9.17) is 4.74 Å². The minimum atomic E-state index is -0.951. The Hall–Kier alpha value is -3.72. The third kappa shape index (κ3) is 6.89. The molecular weight excluding hydrogens is 452 g/mol. The van der Waals surface area contributed by atoms with E-state index in [0.717, 1.165) is 50.2 Å². The number of nitrogens with zero attached hydrogens (tertiary/aromatic N) is 3. The zero-order chi connectivity index (χ0) is 24.5. The van der Waals surface area contributed by atoms with Gasteiger partial charge >= 0.3 is 0 Å². The van der Waals surface area contributed by atoms with Gasteiger partial charge in [0.2, 0.25) is 0 Å². The lowest BCUT2D eigenvalue weighted by Gasteiger charge is -2.21. The molecule has 1 aromatic carbocycles. The Labute approximate surface area is 202 Å². The number of carbonyl (C=O) groups excluding carboxylic acids is 1. The van der Waals surface area contributed by atoms with Crippen LogP contribution in [0.2, 0.25) is 0 Å². The van der Waals surface area contributed by atoms with Crippen molar-refractivity contribution in [2.45, 2.75) is 25.8 Å². The first kappa shape index (κ1) is 24.4. The number of pyridine rings is 2. The number of halogens is 2. The predicted octanol–water partition coefficient (Wildman–Crippen LogP) is 4.67. The molecule has 0 amide bonds. The highest BCUT2D eigenvalue weighted by atomic mass is 19.2. The quantitative estimate of drug-likeness (QED) is 0.263. The Balaban J connectivity index is 1.55. The zero-order valence-corrected chi connectivity index (χ0v) is 19.2. The molecule has 1 fully saturated rings. The van der Waals surface area contributed by atoms with Crippen LogP contribution in [0.3, 0.4) is 0 Å². The van der Waals surface area contributed by atoms with Gasteiger partial charge in [0.15, 0.2) is 29.6 Å². The van der Waals surface area contributed by atoms with E-state index in [1.807, 2.05) is 12.1 Å². The van der Waals surface area contributed by atoms with Gasteiger partial charge in [-0.05, 0) is 67.1 Å². The van der Waals surface area contributed by atoms with Crippen LogP contribution in [0.4, 0.5) is 20.3 Å². The largest absolute Gasteiger partial charge is 0.381 e. The lowest BCUT2D eigenvalue weighted by Crippen LogP contribution is -2.28. The van der Waals surface area contributed by atoms with Crippen LogP contribution in [0.15, 0.2) is 59.9 Å². The molecule has 4 rings (SSSR count). The number of ether oxygens (including phenoxy) is 1. The molecule has 0 radical (unpaired) electrons. The summed E-state index contributed by atoms with van der Waals surface area (Å²) in [6, 6.07) is 10.7. The first-order valence-electron chi connectivity index (χ1n) is 11.6. The lowest BCUT2D eigenvalue weighted by atomic mass is 9.97. The van der Waals surface area contributed by atoms with Crippen molar-refractivity contribution in [3.8, 4) is 11.3 Å². The molecule has 2 N–H and O–H groups in total. The molecule has 1 aliphatic heterocycles. The molecule has 0 spiro atoms. The minimum absolute atomic E-state index is 0.198. The van der Waals surface area contributed by atoms with Gasteiger partial charge in [0, 0.05) is 44.3 Å². The van der Waals surface area contributed by atoms with Gasteiger partial charge in [0.05, 0.1) is 5.69 Å². The maximum atomic E-state index is 13.8. The molecule has 3 heterocycles. The van der Waals surface area contributed by atoms with Crippen LogP contribution in [0.25, 0.3) is 11.3 Å². The topological polar surface area (TPSA) is 88.5 Å². The summed E-state index contributed by atoms with van der Waals surface area (Å²) < 4.78 is 32.6. The molecule has 182 valence electrons. The van der Waals surface area contributed by atoms with Crippen LogP contribution < -0.4 is 10.6 Å². The summed E-state index contributed by atoms with van der Waals surface area (Å²) in [4.78, 5) is 24.9. The number of benzene rings is 1. The molecule has 1 aliphatic rings. The monoisotopic (exact) mass is 479 g/mol. The fraction of sp³-hybridized carbons (Fsp3) is 0.308. The van der Waals surface area contributed by atoms with Crippen LogP contribution in [-0.4, -0.2) is 41.8 Å². The van der Waals surface area contributed by atoms with Gasteiger partial charge < -0.3 is 15.4 Å². The molecular formula is C26H27F2N5O2. The molecule has 0 saturated carbocycles. The third-order valence-electron chi connectivity index (χ3n) is 5.82. The Morgan fingerprint density at radius 3 is 2.74 bits per heavy atom. The number of aliphatic imine (C=N–C) groups is 1. The first-order valence-corrected chi connectivity index (χ1v) is 11.6. The molecule has 0 unspecified atom stereocenters. The number of aldehydes is 1. The fourth-order valence-corrected chi connectivity index (χ4v) is 3.85. The molecule has 1 saturated heterocycles. The van der Waals surface area contributed by atoms with E-state index in [0.29, 0.717) is 48.1 Å². The molecule has 0 atom stereocenters. The number of nitrogens with one attached hydrogen (secondary N) is 2. The van der Waals surface area contributed by atoms with E-state index in [2.05, 4.69) is 25.6 Å². The number of anilines is 1. The highest BCUT2D eigenvalue weighted by Crippen LogP contribution is 2.29. The summed E-state index contributed by atoms with van der Waals surface area (Å²) in [6.45, 7) is 2.60. The Morgan fingerprint density at radius 2 is 2.00 bits per heavy atom. The van der Waals surface area contributed by atoms with Gasteiger partial charge in [-0.2, -0.15) is 0 Å². The lowest BCUT2D eigenvalue weighted by molar-refractivity contribution is -0.102. The zero-order valence-electron chi connectivity index (χ0n) is 19.2. The van der Waals surface area contributed by atoms with Gasteiger partial charge in [-0.3, -0.25) is 9.78 Å². The second-order valence-electron chi connectivity index (χ2n) is 8.29. The molecule has 3 aromatic rings. The standard InChI is InChI=1S/C26H27F2N5O2/c27-21-4-3-20(14-22(21)28)23-5-6-24(26(33-23)31-16-19-2-1-10-29-15-19)32-25(17-34)30-11-7-18-8-12-35-13-9-18/h1-6,10,14-15,17-18H,7-9,11-13,16H2,(H,30,32)(H,31,33). The van der Waals surface area contributed by atoms with Crippen molar-refractivity contribution in [2.75, 3.05) is 25.1 Å². The van der Waals surface area contributed by atoms with Crippen LogP contribution in [0.5, 0.6) is 0 Å². The highest BCUT2D eigenvalue weighted by molar-refractivity contribution is 6.27. The summed E-state index contributed by atoms with van der Waals surface area (Å²) in [5.74, 6) is -0.705. The number of aromatic nitrogens is 2. The fourth-order valence-electron chi connectivity index (χ4n) is 3.85. The molecule has 9 heteroatoms. The van der Waals surface area contributed by atoms with Crippen molar-refractivity contribution in [3.05, 3.63) is 72.1 Å². The average Bonchev–Trinajstić information content (AvgIpc) is 2.90. The normalized spacial score (nSPS) is 14.5. The molecule has 2 aromatic heterocycles. The van der Waals surface area contributed by atoms with Crippen LogP contribution >= 0.6 is 0 Å². The van der Waals surface area contributed by atoms with E-state index >= 15 is 0 Å². The van der Waals surface area contributed by atoms with Gasteiger partial charge in [-0.1, -0.05) is 6.07 Å². The smallest absolute Gasteiger partial charge is 0.185 e. The van der Waals surface area contributed by atoms with E-state index in [1.54, 1.807) is 24.5 Å². The van der Waals surface area contributed by atoms with Crippen molar-refractivity contribution in [3.63, 3.8) is 0 Å². The average molecular weight is 480 g/mol. The van der Waals surface area contributed by atoms with Crippen molar-refractivity contribution in [2.24, 2.45) is 10.9 Å². The Bertz CT molecular complexity index is 1170. The maximum absolute atomic E-state index is 13.8. The van der Waals surface area contributed by atoms with Crippen molar-refractivity contribution in [1.29, 1.82) is 0 Å². The van der Waals surface area contributed by atoms with Gasteiger partial charge in [-0.15, -0.1) is 0 Å². The van der Waals surface area contributed by atoms with Gasteiger partial charge in [0.1, 0.15) is 5.69 Å².